The Kier molecular flexibility index (Phi) is 9.21. The number of carbonyl (C=O) groups excluding carboxylic acids is 4. The fraction of sp³-hybridized carbons (Fsp3) is 0.378. The molecular formula is C45H49N7O5. The Morgan fingerprint density at radius 3 is 2.37 bits per heavy atom. The fourth-order valence-electron chi connectivity index (χ4n) is 9.33. The lowest BCUT2D eigenvalue weighted by Crippen LogP contribution is -2.61. The number of amides is 5. The summed E-state index contributed by atoms with van der Waals surface area (Å²) in [7, 11) is 1.57. The van der Waals surface area contributed by atoms with E-state index in [1.807, 2.05) is 98.9 Å². The van der Waals surface area contributed by atoms with E-state index in [0.717, 1.165) is 45.5 Å². The third-order valence-corrected chi connectivity index (χ3v) is 12.2. The molecule has 5 amide bonds. The maximum Gasteiger partial charge on any atom is 0.324 e. The predicted molar refractivity (Wildman–Crippen MR) is 218 cm³/mol. The minimum absolute atomic E-state index is 0.0798. The summed E-state index contributed by atoms with van der Waals surface area (Å²) < 4.78 is 7.88. The minimum atomic E-state index is -0.818. The summed E-state index contributed by atoms with van der Waals surface area (Å²) in [6, 6.07) is 24.6. The van der Waals surface area contributed by atoms with Gasteiger partial charge in [-0.1, -0.05) is 77.1 Å². The first kappa shape index (κ1) is 37.9. The SMILES string of the molecule is CN1C(=O)C2(C)CC(C)(C(=O)NCc3ccc(-n4nc(C(C)(C)C)cc4NC(=O)Nc4ccc(OCCc5cccnc5)c5ccccc45)cc3)C3CC3(C2)C1=O. The predicted octanol–water partition coefficient (Wildman–Crippen LogP) is 7.41. The third kappa shape index (κ3) is 6.80. The number of hydrogen-bond donors (Lipinski definition) is 3. The summed E-state index contributed by atoms with van der Waals surface area (Å²) in [5.74, 6) is 0.668. The van der Waals surface area contributed by atoms with Gasteiger partial charge in [0.05, 0.1) is 34.5 Å². The molecule has 4 atom stereocenters. The minimum Gasteiger partial charge on any atom is -0.493 e. The second-order valence-electron chi connectivity index (χ2n) is 17.5. The van der Waals surface area contributed by atoms with Crippen LogP contribution in [0.15, 0.2) is 91.3 Å². The smallest absolute Gasteiger partial charge is 0.324 e. The molecule has 2 bridgehead atoms. The highest BCUT2D eigenvalue weighted by molar-refractivity contribution is 6.08. The van der Waals surface area contributed by atoms with E-state index in [4.69, 9.17) is 9.84 Å². The second kappa shape index (κ2) is 13.9. The maximum atomic E-state index is 13.8. The van der Waals surface area contributed by atoms with Gasteiger partial charge in [0, 0.05) is 60.1 Å². The van der Waals surface area contributed by atoms with E-state index >= 15 is 0 Å². The lowest BCUT2D eigenvalue weighted by Gasteiger charge is -2.50. The summed E-state index contributed by atoms with van der Waals surface area (Å²) >= 11 is 0. The Balaban J connectivity index is 0.951. The number of aromatic nitrogens is 3. The quantitative estimate of drug-likeness (QED) is 0.125. The van der Waals surface area contributed by atoms with Gasteiger partial charge in [-0.2, -0.15) is 5.10 Å². The molecule has 2 aromatic heterocycles. The molecule has 3 heterocycles. The van der Waals surface area contributed by atoms with Crippen LogP contribution in [-0.2, 0) is 32.8 Å². The number of hydrogen-bond acceptors (Lipinski definition) is 7. The Morgan fingerprint density at radius 2 is 1.65 bits per heavy atom. The average molecular weight is 768 g/mol. The van der Waals surface area contributed by atoms with Crippen LogP contribution in [0.4, 0.5) is 16.3 Å². The number of benzene rings is 3. The summed E-state index contributed by atoms with van der Waals surface area (Å²) in [4.78, 5) is 59.2. The van der Waals surface area contributed by atoms with Crippen molar-refractivity contribution in [2.45, 2.75) is 72.3 Å². The van der Waals surface area contributed by atoms with Gasteiger partial charge in [-0.3, -0.25) is 29.6 Å². The molecule has 2 saturated carbocycles. The van der Waals surface area contributed by atoms with E-state index in [-0.39, 0.29) is 35.6 Å². The van der Waals surface area contributed by atoms with Crippen LogP contribution >= 0.6 is 0 Å². The number of ether oxygens (including phenoxy) is 1. The van der Waals surface area contributed by atoms with E-state index in [1.54, 1.807) is 17.9 Å². The molecule has 1 spiro atoms. The Morgan fingerprint density at radius 1 is 0.895 bits per heavy atom. The van der Waals surface area contributed by atoms with Crippen LogP contribution in [0.1, 0.15) is 70.7 Å². The molecule has 1 aliphatic heterocycles. The average Bonchev–Trinajstić information content (AvgIpc) is 3.78. The van der Waals surface area contributed by atoms with Crippen molar-refractivity contribution >= 4 is 46.0 Å². The number of urea groups is 1. The first-order chi connectivity index (χ1) is 27.1. The Labute approximate surface area is 332 Å². The molecule has 3 aliphatic rings. The van der Waals surface area contributed by atoms with Crippen LogP contribution < -0.4 is 20.7 Å². The van der Waals surface area contributed by atoms with Crippen LogP contribution in [0.25, 0.3) is 16.5 Å². The highest BCUT2D eigenvalue weighted by Crippen LogP contribution is 2.74. The number of nitrogens with zero attached hydrogens (tertiary/aromatic N) is 4. The standard InChI is InChI=1S/C45H49N7O5/c1-42(2,3)36-22-37(49-41(56)48-33-17-18-34(32-12-8-7-11-31(32)33)57-21-19-28-10-9-20-46-24-28)52(50-36)30-15-13-29(14-16-30)25-47-38(53)44(5)26-43(4)27-45(23-35(44)45)40(55)51(6)39(43)54/h7-18,20,22,24,35H,19,21,23,25-27H2,1-6H3,(H,47,53)(H2,48,49,56). The van der Waals surface area contributed by atoms with E-state index in [0.29, 0.717) is 37.4 Å². The van der Waals surface area contributed by atoms with Crippen molar-refractivity contribution < 1.29 is 23.9 Å². The Bertz CT molecular complexity index is 2390. The second-order valence-corrected chi connectivity index (χ2v) is 17.5. The molecule has 57 heavy (non-hydrogen) atoms. The number of likely N-dealkylation sites (tertiary alicyclic amines) is 1. The summed E-state index contributed by atoms with van der Waals surface area (Å²) in [5, 5.41) is 15.8. The van der Waals surface area contributed by atoms with Gasteiger partial charge in [-0.15, -0.1) is 0 Å². The van der Waals surface area contributed by atoms with E-state index in [1.165, 1.54) is 4.90 Å². The molecule has 0 radical (unpaired) electrons. The number of piperidine rings is 1. The van der Waals surface area contributed by atoms with E-state index in [2.05, 4.69) is 41.7 Å². The molecule has 12 nitrogen and oxygen atoms in total. The van der Waals surface area contributed by atoms with Crippen LogP contribution in [-0.4, -0.2) is 57.1 Å². The molecule has 8 rings (SSSR count). The summed E-state index contributed by atoms with van der Waals surface area (Å²) in [6.07, 6.45) is 5.88. The fourth-order valence-corrected chi connectivity index (χ4v) is 9.33. The van der Waals surface area contributed by atoms with Gasteiger partial charge in [0.2, 0.25) is 17.7 Å². The van der Waals surface area contributed by atoms with Gasteiger partial charge < -0.3 is 15.4 Å². The van der Waals surface area contributed by atoms with Gasteiger partial charge in [-0.05, 0) is 66.6 Å². The third-order valence-electron chi connectivity index (χ3n) is 12.2. The van der Waals surface area contributed by atoms with E-state index in [9.17, 15) is 19.2 Å². The van der Waals surface area contributed by atoms with Crippen LogP contribution in [0.2, 0.25) is 0 Å². The van der Waals surface area contributed by atoms with Crippen LogP contribution in [0.5, 0.6) is 5.75 Å². The van der Waals surface area contributed by atoms with Crippen LogP contribution in [0.3, 0.4) is 0 Å². The van der Waals surface area contributed by atoms with Crippen molar-refractivity contribution in [1.82, 2.24) is 25.0 Å². The highest BCUT2D eigenvalue weighted by Gasteiger charge is 2.77. The van der Waals surface area contributed by atoms with Crippen molar-refractivity contribution in [3.8, 4) is 11.4 Å². The first-order valence-electron chi connectivity index (χ1n) is 19.5. The lowest BCUT2D eigenvalue weighted by atomic mass is 9.57. The number of anilines is 2. The van der Waals surface area contributed by atoms with Crippen molar-refractivity contribution in [1.29, 1.82) is 0 Å². The number of pyridine rings is 1. The number of rotatable bonds is 10. The molecule has 12 heteroatoms. The summed E-state index contributed by atoms with van der Waals surface area (Å²) in [5.41, 5.74) is 1.67. The van der Waals surface area contributed by atoms with Gasteiger partial charge in [0.15, 0.2) is 0 Å². The van der Waals surface area contributed by atoms with Crippen LogP contribution in [0, 0.1) is 22.2 Å². The van der Waals surface area contributed by atoms with Gasteiger partial charge in [0.1, 0.15) is 11.6 Å². The van der Waals surface area contributed by atoms with Gasteiger partial charge in [0.25, 0.3) is 0 Å². The maximum absolute atomic E-state index is 13.8. The Hall–Kier alpha value is -6.04. The van der Waals surface area contributed by atoms with E-state index < -0.39 is 22.3 Å². The van der Waals surface area contributed by atoms with Crippen molar-refractivity contribution in [3.63, 3.8) is 0 Å². The number of imide groups is 1. The number of nitrogens with one attached hydrogen (secondary N) is 3. The number of fused-ring (bicyclic) bond motifs is 2. The monoisotopic (exact) mass is 767 g/mol. The highest BCUT2D eigenvalue weighted by atomic mass is 16.5. The van der Waals surface area contributed by atoms with Crippen molar-refractivity contribution in [3.05, 3.63) is 108 Å². The molecule has 294 valence electrons. The van der Waals surface area contributed by atoms with Gasteiger partial charge >= 0.3 is 6.03 Å². The van der Waals surface area contributed by atoms with Crippen molar-refractivity contribution in [2.75, 3.05) is 24.3 Å². The molecule has 3 aromatic carbocycles. The van der Waals surface area contributed by atoms with Crippen molar-refractivity contribution in [2.24, 2.45) is 22.2 Å². The van der Waals surface area contributed by atoms with Gasteiger partial charge in [-0.25, -0.2) is 9.48 Å². The summed E-state index contributed by atoms with van der Waals surface area (Å²) in [6.45, 7) is 10.8. The molecule has 2 aliphatic carbocycles. The largest absolute Gasteiger partial charge is 0.493 e. The molecule has 4 unspecified atom stereocenters. The zero-order valence-corrected chi connectivity index (χ0v) is 33.3. The zero-order chi connectivity index (χ0) is 40.3. The first-order valence-corrected chi connectivity index (χ1v) is 19.5. The molecule has 5 aromatic rings. The molecule has 1 saturated heterocycles. The molecular weight excluding hydrogens is 719 g/mol. The lowest BCUT2D eigenvalue weighted by molar-refractivity contribution is -0.170. The molecule has 3 N–H and O–H groups in total. The normalized spacial score (nSPS) is 23.8. The number of carbonyl (C=O) groups is 4. The topological polar surface area (TPSA) is 148 Å². The zero-order valence-electron chi connectivity index (χ0n) is 33.3. The molecule has 3 fully saturated rings.